The lowest BCUT2D eigenvalue weighted by atomic mass is 9.89. The van der Waals surface area contributed by atoms with E-state index in [4.69, 9.17) is 4.74 Å². The highest BCUT2D eigenvalue weighted by Crippen LogP contribution is 2.27. The van der Waals surface area contributed by atoms with E-state index >= 15 is 0 Å². The van der Waals surface area contributed by atoms with Crippen molar-refractivity contribution in [1.82, 2.24) is 5.32 Å². The van der Waals surface area contributed by atoms with Gasteiger partial charge >= 0.3 is 0 Å². The molecule has 0 amide bonds. The van der Waals surface area contributed by atoms with Gasteiger partial charge in [-0.1, -0.05) is 30.3 Å². The van der Waals surface area contributed by atoms with Crippen LogP contribution in [0.1, 0.15) is 12.8 Å². The number of hydrogen-bond acceptors (Lipinski definition) is 2. The van der Waals surface area contributed by atoms with Gasteiger partial charge in [0.2, 0.25) is 0 Å². The summed E-state index contributed by atoms with van der Waals surface area (Å²) in [6.07, 6.45) is 2.61. The highest BCUT2D eigenvalue weighted by atomic mass is 16.5. The molecular formula is C15H17NO. The molecule has 0 saturated heterocycles. The fraction of sp³-hybridized carbons (Fsp3) is 0.333. The van der Waals surface area contributed by atoms with Crippen LogP contribution in [-0.2, 0) is 0 Å². The maximum absolute atomic E-state index is 5.95. The van der Waals surface area contributed by atoms with Gasteiger partial charge in [-0.2, -0.15) is 0 Å². The molecule has 1 saturated carbocycles. The van der Waals surface area contributed by atoms with E-state index in [9.17, 15) is 0 Å². The van der Waals surface area contributed by atoms with Crippen LogP contribution in [0.5, 0.6) is 5.75 Å². The van der Waals surface area contributed by atoms with E-state index in [2.05, 4.69) is 47.8 Å². The minimum atomic E-state index is 0.383. The predicted molar refractivity (Wildman–Crippen MR) is 70.4 cm³/mol. The molecule has 1 aliphatic rings. The van der Waals surface area contributed by atoms with Gasteiger partial charge < -0.3 is 10.1 Å². The van der Waals surface area contributed by atoms with Crippen molar-refractivity contribution in [3.63, 3.8) is 0 Å². The molecule has 0 unspecified atom stereocenters. The smallest absolute Gasteiger partial charge is 0.120 e. The molecule has 2 aromatic carbocycles. The Labute approximate surface area is 102 Å². The zero-order chi connectivity index (χ0) is 11.7. The predicted octanol–water partition coefficient (Wildman–Crippen LogP) is 2.97. The number of nitrogens with one attached hydrogen (secondary N) is 1. The average molecular weight is 227 g/mol. The molecule has 0 radical (unpaired) electrons. The molecule has 0 heterocycles. The third-order valence-electron chi connectivity index (χ3n) is 3.53. The lowest BCUT2D eigenvalue weighted by Gasteiger charge is -2.35. The van der Waals surface area contributed by atoms with Crippen LogP contribution in [0.3, 0.4) is 0 Å². The summed E-state index contributed by atoms with van der Waals surface area (Å²) in [6, 6.07) is 15.3. The van der Waals surface area contributed by atoms with Gasteiger partial charge in [0.25, 0.3) is 0 Å². The van der Waals surface area contributed by atoms with E-state index in [1.807, 2.05) is 7.05 Å². The van der Waals surface area contributed by atoms with Crippen molar-refractivity contribution < 1.29 is 4.74 Å². The highest BCUT2D eigenvalue weighted by Gasteiger charge is 2.29. The summed E-state index contributed by atoms with van der Waals surface area (Å²) in [6.45, 7) is 0. The van der Waals surface area contributed by atoms with Crippen LogP contribution in [0.25, 0.3) is 10.8 Å². The quantitative estimate of drug-likeness (QED) is 0.870. The number of hydrogen-bond donors (Lipinski definition) is 1. The Bertz CT molecular complexity index is 517. The first kappa shape index (κ1) is 10.6. The lowest BCUT2D eigenvalue weighted by Crippen LogP contribution is -2.45. The van der Waals surface area contributed by atoms with Gasteiger partial charge in [0.15, 0.2) is 0 Å². The molecule has 3 rings (SSSR count). The van der Waals surface area contributed by atoms with Crippen LogP contribution in [0.2, 0.25) is 0 Å². The fourth-order valence-electron chi connectivity index (χ4n) is 2.33. The minimum Gasteiger partial charge on any atom is -0.490 e. The summed E-state index contributed by atoms with van der Waals surface area (Å²) in [5.41, 5.74) is 0. The van der Waals surface area contributed by atoms with Crippen molar-refractivity contribution in [1.29, 1.82) is 0 Å². The molecule has 2 nitrogen and oxygen atoms in total. The molecule has 0 atom stereocenters. The Balaban J connectivity index is 1.73. The number of benzene rings is 2. The van der Waals surface area contributed by atoms with Crippen LogP contribution in [0.15, 0.2) is 42.5 Å². The Morgan fingerprint density at radius 2 is 1.82 bits per heavy atom. The van der Waals surface area contributed by atoms with Gasteiger partial charge in [-0.15, -0.1) is 0 Å². The summed E-state index contributed by atoms with van der Waals surface area (Å²) < 4.78 is 5.95. The molecule has 0 aliphatic heterocycles. The second-order valence-electron chi connectivity index (χ2n) is 4.71. The van der Waals surface area contributed by atoms with Crippen LogP contribution in [0, 0.1) is 0 Å². The van der Waals surface area contributed by atoms with Gasteiger partial charge in [0.1, 0.15) is 11.9 Å². The lowest BCUT2D eigenvalue weighted by molar-refractivity contribution is 0.0886. The van der Waals surface area contributed by atoms with Crippen LogP contribution >= 0.6 is 0 Å². The number of rotatable bonds is 3. The molecule has 0 spiro atoms. The number of ether oxygens (including phenoxy) is 1. The van der Waals surface area contributed by atoms with E-state index < -0.39 is 0 Å². The highest BCUT2D eigenvalue weighted by molar-refractivity contribution is 5.83. The third kappa shape index (κ3) is 2.13. The first-order valence-corrected chi connectivity index (χ1v) is 6.18. The topological polar surface area (TPSA) is 21.3 Å². The van der Waals surface area contributed by atoms with Gasteiger partial charge in [-0.3, -0.25) is 0 Å². The van der Waals surface area contributed by atoms with Crippen molar-refractivity contribution in [3.05, 3.63) is 42.5 Å². The fourth-order valence-corrected chi connectivity index (χ4v) is 2.33. The Kier molecular flexibility index (Phi) is 2.73. The van der Waals surface area contributed by atoms with Crippen molar-refractivity contribution in [2.75, 3.05) is 7.05 Å². The van der Waals surface area contributed by atoms with Crippen LogP contribution in [-0.4, -0.2) is 19.2 Å². The molecule has 17 heavy (non-hydrogen) atoms. The van der Waals surface area contributed by atoms with E-state index in [1.54, 1.807) is 0 Å². The zero-order valence-electron chi connectivity index (χ0n) is 10.0. The molecule has 1 aliphatic carbocycles. The second-order valence-corrected chi connectivity index (χ2v) is 4.71. The molecule has 0 aromatic heterocycles. The molecule has 1 N–H and O–H groups in total. The second kappa shape index (κ2) is 4.38. The summed E-state index contributed by atoms with van der Waals surface area (Å²) in [7, 11) is 2.01. The third-order valence-corrected chi connectivity index (χ3v) is 3.53. The summed E-state index contributed by atoms with van der Waals surface area (Å²) >= 11 is 0. The van der Waals surface area contributed by atoms with E-state index in [-0.39, 0.29) is 0 Å². The monoisotopic (exact) mass is 227 g/mol. The summed E-state index contributed by atoms with van der Waals surface area (Å²) in [5.74, 6) is 0.989. The van der Waals surface area contributed by atoms with E-state index in [1.165, 1.54) is 10.8 Å². The van der Waals surface area contributed by atoms with Gasteiger partial charge in [-0.25, -0.2) is 0 Å². The first-order chi connectivity index (χ1) is 8.35. The summed E-state index contributed by atoms with van der Waals surface area (Å²) in [4.78, 5) is 0. The largest absolute Gasteiger partial charge is 0.490 e. The SMILES string of the molecule is CNC1CC(Oc2ccc3ccccc3c2)C1. The average Bonchev–Trinajstić information content (AvgIpc) is 2.33. The number of fused-ring (bicyclic) bond motifs is 1. The Morgan fingerprint density at radius 1 is 1.06 bits per heavy atom. The van der Waals surface area contributed by atoms with Crippen molar-refractivity contribution in [2.45, 2.75) is 25.0 Å². The maximum atomic E-state index is 5.95. The van der Waals surface area contributed by atoms with Gasteiger partial charge in [0, 0.05) is 6.04 Å². The van der Waals surface area contributed by atoms with Crippen LogP contribution in [0.4, 0.5) is 0 Å². The van der Waals surface area contributed by atoms with Gasteiger partial charge in [0.05, 0.1) is 0 Å². The molecule has 2 heteroatoms. The van der Waals surface area contributed by atoms with Crippen molar-refractivity contribution >= 4 is 10.8 Å². The summed E-state index contributed by atoms with van der Waals surface area (Å²) in [5, 5.41) is 5.78. The normalized spacial score (nSPS) is 23.4. The molecule has 88 valence electrons. The molecule has 2 aromatic rings. The van der Waals surface area contributed by atoms with Gasteiger partial charge in [-0.05, 0) is 42.8 Å². The molecule has 0 bridgehead atoms. The van der Waals surface area contributed by atoms with E-state index in [0.29, 0.717) is 12.1 Å². The molecular weight excluding hydrogens is 210 g/mol. The van der Waals surface area contributed by atoms with E-state index in [0.717, 1.165) is 18.6 Å². The molecule has 1 fully saturated rings. The first-order valence-electron chi connectivity index (χ1n) is 6.18. The minimum absolute atomic E-state index is 0.383. The van der Waals surface area contributed by atoms with Crippen molar-refractivity contribution in [2.24, 2.45) is 0 Å². The van der Waals surface area contributed by atoms with Crippen LogP contribution < -0.4 is 10.1 Å². The zero-order valence-corrected chi connectivity index (χ0v) is 10.0. The standard InChI is InChI=1S/C15H17NO/c1-16-13-9-15(10-13)17-14-7-6-11-4-2-3-5-12(11)8-14/h2-8,13,15-16H,9-10H2,1H3. The Hall–Kier alpha value is -1.54. The van der Waals surface area contributed by atoms with Crippen molar-refractivity contribution in [3.8, 4) is 5.75 Å². The maximum Gasteiger partial charge on any atom is 0.120 e. The Morgan fingerprint density at radius 3 is 2.59 bits per heavy atom.